The van der Waals surface area contributed by atoms with Gasteiger partial charge in [0.15, 0.2) is 5.13 Å². The number of hydrogen-bond donors (Lipinski definition) is 2. The van der Waals surface area contributed by atoms with Crippen molar-refractivity contribution in [1.29, 1.82) is 0 Å². The molecule has 4 rings (SSSR count). The van der Waals surface area contributed by atoms with Gasteiger partial charge in [-0.05, 0) is 26.0 Å². The highest BCUT2D eigenvalue weighted by Gasteiger charge is 2.19. The van der Waals surface area contributed by atoms with Crippen LogP contribution < -0.4 is 15.4 Å². The van der Waals surface area contributed by atoms with Crippen LogP contribution in [0.5, 0.6) is 5.75 Å². The van der Waals surface area contributed by atoms with Crippen LogP contribution in [0.4, 0.5) is 16.5 Å². The lowest BCUT2D eigenvalue weighted by Crippen LogP contribution is -2.15. The van der Waals surface area contributed by atoms with Gasteiger partial charge in [-0.2, -0.15) is 5.10 Å². The van der Waals surface area contributed by atoms with Gasteiger partial charge in [0, 0.05) is 17.5 Å². The number of aryl methyl sites for hydroxylation is 2. The van der Waals surface area contributed by atoms with Gasteiger partial charge in [-0.15, -0.1) is 11.3 Å². The summed E-state index contributed by atoms with van der Waals surface area (Å²) in [4.78, 5) is 18.6. The molecule has 0 spiro atoms. The van der Waals surface area contributed by atoms with E-state index in [1.54, 1.807) is 11.8 Å². The van der Waals surface area contributed by atoms with E-state index in [1.165, 1.54) is 11.3 Å². The monoisotopic (exact) mass is 447 g/mol. The van der Waals surface area contributed by atoms with Crippen molar-refractivity contribution < 1.29 is 9.53 Å². The van der Waals surface area contributed by atoms with Crippen LogP contribution in [0.3, 0.4) is 0 Å². The minimum absolute atomic E-state index is 0.103. The Labute approximate surface area is 191 Å². The van der Waals surface area contributed by atoms with Gasteiger partial charge in [-0.25, -0.2) is 4.98 Å². The summed E-state index contributed by atoms with van der Waals surface area (Å²) in [6.45, 7) is 3.83. The number of rotatable bonds is 7. The summed E-state index contributed by atoms with van der Waals surface area (Å²) in [5.41, 5.74) is 5.05. The number of hydrogen-bond acceptors (Lipinski definition) is 6. The Hall–Kier alpha value is -3.65. The molecule has 2 heterocycles. The topological polar surface area (TPSA) is 81.1 Å². The molecule has 0 saturated carbocycles. The Morgan fingerprint density at radius 1 is 1.09 bits per heavy atom. The molecular weight excluding hydrogens is 422 g/mol. The van der Waals surface area contributed by atoms with Crippen LogP contribution in [-0.2, 0) is 18.3 Å². The van der Waals surface area contributed by atoms with Gasteiger partial charge in [0.05, 0.1) is 42.0 Å². The zero-order valence-electron chi connectivity index (χ0n) is 18.5. The Morgan fingerprint density at radius 2 is 1.81 bits per heavy atom. The molecular formula is C24H25N5O2S. The second-order valence-electron chi connectivity index (χ2n) is 7.38. The third kappa shape index (κ3) is 4.50. The molecule has 0 fully saturated rings. The number of thiazole rings is 1. The molecule has 1 amide bonds. The van der Waals surface area contributed by atoms with Gasteiger partial charge < -0.3 is 15.4 Å². The summed E-state index contributed by atoms with van der Waals surface area (Å²) >= 11 is 1.46. The Balaban J connectivity index is 1.63. The van der Waals surface area contributed by atoms with E-state index in [2.05, 4.69) is 15.7 Å². The lowest BCUT2D eigenvalue weighted by molar-refractivity contribution is -0.115. The van der Waals surface area contributed by atoms with Crippen molar-refractivity contribution >= 4 is 33.8 Å². The molecule has 0 unspecified atom stereocenters. The molecule has 0 aliphatic carbocycles. The van der Waals surface area contributed by atoms with Crippen LogP contribution in [0.2, 0.25) is 0 Å². The maximum atomic E-state index is 12.9. The molecule has 4 aromatic rings. The molecule has 2 aromatic heterocycles. The molecule has 164 valence electrons. The smallest absolute Gasteiger partial charge is 0.229 e. The van der Waals surface area contributed by atoms with Crippen molar-refractivity contribution in [3.8, 4) is 17.0 Å². The maximum Gasteiger partial charge on any atom is 0.229 e. The van der Waals surface area contributed by atoms with Crippen molar-refractivity contribution in [1.82, 2.24) is 14.8 Å². The zero-order valence-corrected chi connectivity index (χ0v) is 19.3. The molecule has 7 nitrogen and oxygen atoms in total. The molecule has 0 aliphatic heterocycles. The van der Waals surface area contributed by atoms with Crippen LogP contribution in [0.25, 0.3) is 11.3 Å². The molecule has 0 radical (unpaired) electrons. The minimum Gasteiger partial charge on any atom is -0.495 e. The van der Waals surface area contributed by atoms with Gasteiger partial charge in [-0.1, -0.05) is 42.5 Å². The molecule has 2 aromatic carbocycles. The van der Waals surface area contributed by atoms with Crippen LogP contribution in [0, 0.1) is 13.8 Å². The SMILES string of the molecule is COc1ccccc1Nc1nc(-c2ccccc2)c(CC(=O)Nc2c(C)nn(C)c2C)s1. The average molecular weight is 448 g/mol. The summed E-state index contributed by atoms with van der Waals surface area (Å²) in [7, 11) is 3.50. The quantitative estimate of drug-likeness (QED) is 0.412. The number of para-hydroxylation sites is 2. The third-order valence-electron chi connectivity index (χ3n) is 5.19. The highest BCUT2D eigenvalue weighted by molar-refractivity contribution is 7.16. The summed E-state index contributed by atoms with van der Waals surface area (Å²) in [5, 5.41) is 11.4. The summed E-state index contributed by atoms with van der Waals surface area (Å²) in [6.07, 6.45) is 0.212. The predicted molar refractivity (Wildman–Crippen MR) is 129 cm³/mol. The van der Waals surface area contributed by atoms with Crippen LogP contribution in [0.15, 0.2) is 54.6 Å². The molecule has 0 aliphatic rings. The number of anilines is 3. The highest BCUT2D eigenvalue weighted by Crippen LogP contribution is 2.35. The van der Waals surface area contributed by atoms with Crippen LogP contribution in [0.1, 0.15) is 16.3 Å². The standard InChI is InChI=1S/C24H25N5O2S/c1-15-22(16(2)29(3)28-15)26-21(30)14-20-23(17-10-6-5-7-11-17)27-24(32-20)25-18-12-8-9-13-19(18)31-4/h5-13H,14H2,1-4H3,(H,25,27)(H,26,30). The summed E-state index contributed by atoms with van der Waals surface area (Å²) in [5.74, 6) is 0.625. The first-order chi connectivity index (χ1) is 15.5. The van der Waals surface area contributed by atoms with Crippen molar-refractivity contribution in [2.24, 2.45) is 7.05 Å². The lowest BCUT2D eigenvalue weighted by Gasteiger charge is -2.08. The number of nitrogens with zero attached hydrogens (tertiary/aromatic N) is 3. The van der Waals surface area contributed by atoms with Crippen molar-refractivity contribution in [2.75, 3.05) is 17.7 Å². The first-order valence-electron chi connectivity index (χ1n) is 10.2. The van der Waals surface area contributed by atoms with E-state index in [0.29, 0.717) is 5.13 Å². The van der Waals surface area contributed by atoms with Gasteiger partial charge in [0.2, 0.25) is 5.91 Å². The first kappa shape index (κ1) is 21.6. The summed E-state index contributed by atoms with van der Waals surface area (Å²) < 4.78 is 7.20. The number of carbonyl (C=O) groups excluding carboxylic acids is 1. The predicted octanol–water partition coefficient (Wildman–Crippen LogP) is 5.09. The van der Waals surface area contributed by atoms with E-state index < -0.39 is 0 Å². The molecule has 2 N–H and O–H groups in total. The fraction of sp³-hybridized carbons (Fsp3) is 0.208. The normalized spacial score (nSPS) is 10.8. The van der Waals surface area contributed by atoms with Gasteiger partial charge >= 0.3 is 0 Å². The average Bonchev–Trinajstić information content (AvgIpc) is 3.29. The fourth-order valence-corrected chi connectivity index (χ4v) is 4.49. The minimum atomic E-state index is -0.103. The zero-order chi connectivity index (χ0) is 22.7. The Morgan fingerprint density at radius 3 is 2.50 bits per heavy atom. The number of amides is 1. The van der Waals surface area contributed by atoms with E-state index in [9.17, 15) is 4.79 Å². The number of benzene rings is 2. The Bertz CT molecular complexity index is 1250. The van der Waals surface area contributed by atoms with Gasteiger partial charge in [0.1, 0.15) is 5.75 Å². The molecule has 0 atom stereocenters. The number of ether oxygens (including phenoxy) is 1. The van der Waals surface area contributed by atoms with E-state index >= 15 is 0 Å². The first-order valence-corrected chi connectivity index (χ1v) is 11.0. The van der Waals surface area contributed by atoms with Crippen molar-refractivity contribution in [3.63, 3.8) is 0 Å². The second kappa shape index (κ2) is 9.23. The maximum absolute atomic E-state index is 12.9. The van der Waals surface area contributed by atoms with Gasteiger partial charge in [0.25, 0.3) is 0 Å². The Kier molecular flexibility index (Phi) is 6.23. The fourth-order valence-electron chi connectivity index (χ4n) is 3.49. The van der Waals surface area contributed by atoms with E-state index in [0.717, 1.165) is 44.6 Å². The summed E-state index contributed by atoms with van der Waals surface area (Å²) in [6, 6.07) is 17.6. The highest BCUT2D eigenvalue weighted by atomic mass is 32.1. The lowest BCUT2D eigenvalue weighted by atomic mass is 10.1. The van der Waals surface area contributed by atoms with Crippen LogP contribution >= 0.6 is 11.3 Å². The molecule has 32 heavy (non-hydrogen) atoms. The van der Waals surface area contributed by atoms with Crippen molar-refractivity contribution in [2.45, 2.75) is 20.3 Å². The number of aromatic nitrogens is 3. The van der Waals surface area contributed by atoms with Crippen LogP contribution in [-0.4, -0.2) is 27.8 Å². The van der Waals surface area contributed by atoms with E-state index in [-0.39, 0.29) is 12.3 Å². The molecule has 0 saturated heterocycles. The number of carbonyl (C=O) groups is 1. The molecule has 8 heteroatoms. The van der Waals surface area contributed by atoms with E-state index in [4.69, 9.17) is 9.72 Å². The number of nitrogens with one attached hydrogen (secondary N) is 2. The number of methoxy groups -OCH3 is 1. The molecule has 0 bridgehead atoms. The third-order valence-corrected chi connectivity index (χ3v) is 6.16. The van der Waals surface area contributed by atoms with E-state index in [1.807, 2.05) is 75.5 Å². The van der Waals surface area contributed by atoms with Crippen molar-refractivity contribution in [3.05, 3.63) is 70.9 Å². The van der Waals surface area contributed by atoms with Gasteiger partial charge in [-0.3, -0.25) is 9.48 Å². The largest absolute Gasteiger partial charge is 0.495 e. The second-order valence-corrected chi connectivity index (χ2v) is 8.46.